The van der Waals surface area contributed by atoms with Gasteiger partial charge in [-0.3, -0.25) is 4.79 Å². The lowest BCUT2D eigenvalue weighted by molar-refractivity contribution is -0.145. The molecule has 5 nitrogen and oxygen atoms in total. The maximum Gasteiger partial charge on any atom is 0.328 e. The number of epoxide rings is 1. The van der Waals surface area contributed by atoms with Gasteiger partial charge in [-0.2, -0.15) is 0 Å². The highest BCUT2D eigenvalue weighted by Crippen LogP contribution is 2.27. The molecular formula is C18H25NO4. The summed E-state index contributed by atoms with van der Waals surface area (Å²) in [5.74, 6) is -0.346. The van der Waals surface area contributed by atoms with Crippen molar-refractivity contribution in [2.45, 2.75) is 51.4 Å². The first kappa shape index (κ1) is 17.5. The third-order valence-electron chi connectivity index (χ3n) is 3.91. The third kappa shape index (κ3) is 5.36. The maximum absolute atomic E-state index is 12.2. The molecule has 3 atom stereocenters. The first-order valence-electron chi connectivity index (χ1n) is 8.09. The van der Waals surface area contributed by atoms with E-state index < -0.39 is 18.1 Å². The van der Waals surface area contributed by atoms with Crippen molar-refractivity contribution in [1.29, 1.82) is 0 Å². The Balaban J connectivity index is 1.78. The fraction of sp³-hybridized carbons (Fsp3) is 0.556. The van der Waals surface area contributed by atoms with Gasteiger partial charge in [0.1, 0.15) is 6.04 Å². The van der Waals surface area contributed by atoms with Gasteiger partial charge in [-0.25, -0.2) is 4.79 Å². The molecule has 2 rings (SSSR count). The molecule has 126 valence electrons. The van der Waals surface area contributed by atoms with E-state index >= 15 is 0 Å². The van der Waals surface area contributed by atoms with E-state index in [0.717, 1.165) is 12.8 Å². The Hall–Kier alpha value is -1.88. The molecule has 0 spiro atoms. The SMILES string of the molecule is COC(=O)C(CC(C)C)NC(=O)[C@@H]1O[C@@H]1CCc1ccccc1. The van der Waals surface area contributed by atoms with Crippen LogP contribution in [0.5, 0.6) is 0 Å². The van der Waals surface area contributed by atoms with Crippen LogP contribution in [-0.2, 0) is 25.5 Å². The lowest BCUT2D eigenvalue weighted by atomic mass is 10.0. The van der Waals surface area contributed by atoms with Gasteiger partial charge in [-0.15, -0.1) is 0 Å². The van der Waals surface area contributed by atoms with Gasteiger partial charge in [-0.05, 0) is 30.7 Å². The van der Waals surface area contributed by atoms with Gasteiger partial charge >= 0.3 is 5.97 Å². The molecule has 23 heavy (non-hydrogen) atoms. The molecule has 0 bridgehead atoms. The Labute approximate surface area is 137 Å². The van der Waals surface area contributed by atoms with Crippen molar-refractivity contribution < 1.29 is 19.1 Å². The van der Waals surface area contributed by atoms with Gasteiger partial charge in [0, 0.05) is 0 Å². The molecular weight excluding hydrogens is 294 g/mol. The predicted octanol–water partition coefficient (Wildman–Crippen LogP) is 2.09. The van der Waals surface area contributed by atoms with Crippen molar-refractivity contribution in [2.75, 3.05) is 7.11 Å². The van der Waals surface area contributed by atoms with Crippen LogP contribution in [0, 0.1) is 5.92 Å². The predicted molar refractivity (Wildman–Crippen MR) is 86.8 cm³/mol. The lowest BCUT2D eigenvalue weighted by Gasteiger charge is -2.17. The minimum absolute atomic E-state index is 0.0625. The molecule has 1 unspecified atom stereocenters. The Kier molecular flexibility index (Phi) is 6.16. The highest BCUT2D eigenvalue weighted by Gasteiger charge is 2.45. The van der Waals surface area contributed by atoms with Crippen molar-refractivity contribution in [3.05, 3.63) is 35.9 Å². The molecule has 0 aromatic heterocycles. The maximum atomic E-state index is 12.2. The van der Waals surface area contributed by atoms with Gasteiger partial charge < -0.3 is 14.8 Å². The van der Waals surface area contributed by atoms with Gasteiger partial charge in [0.25, 0.3) is 5.91 Å². The van der Waals surface area contributed by atoms with Crippen LogP contribution in [0.1, 0.15) is 32.3 Å². The smallest absolute Gasteiger partial charge is 0.328 e. The van der Waals surface area contributed by atoms with Gasteiger partial charge in [0.2, 0.25) is 0 Å². The van der Waals surface area contributed by atoms with E-state index in [-0.39, 0.29) is 17.9 Å². The number of methoxy groups -OCH3 is 1. The molecule has 1 aromatic rings. The van der Waals surface area contributed by atoms with Crippen molar-refractivity contribution in [3.63, 3.8) is 0 Å². The summed E-state index contributed by atoms with van der Waals surface area (Å²) in [4.78, 5) is 23.9. The van der Waals surface area contributed by atoms with E-state index in [4.69, 9.17) is 9.47 Å². The fourth-order valence-corrected chi connectivity index (χ4v) is 2.63. The number of carbonyl (C=O) groups is 2. The number of hydrogen-bond donors (Lipinski definition) is 1. The molecule has 1 aromatic carbocycles. The molecule has 0 saturated carbocycles. The first-order chi connectivity index (χ1) is 11.0. The monoisotopic (exact) mass is 319 g/mol. The standard InChI is InChI=1S/C18H25NO4/c1-12(2)11-14(18(21)22-3)19-17(20)16-15(23-16)10-9-13-7-5-4-6-8-13/h4-8,12,14-16H,9-11H2,1-3H3,(H,19,20)/t14?,15-,16-/m1/s1. The van der Waals surface area contributed by atoms with Crippen LogP contribution in [0.2, 0.25) is 0 Å². The van der Waals surface area contributed by atoms with Crippen LogP contribution in [0.4, 0.5) is 0 Å². The molecule has 1 amide bonds. The van der Waals surface area contributed by atoms with E-state index in [1.54, 1.807) is 0 Å². The van der Waals surface area contributed by atoms with Crippen LogP contribution in [-0.4, -0.2) is 37.2 Å². The van der Waals surface area contributed by atoms with E-state index in [2.05, 4.69) is 17.4 Å². The van der Waals surface area contributed by atoms with Gasteiger partial charge in [0.15, 0.2) is 6.10 Å². The number of esters is 1. The zero-order valence-corrected chi connectivity index (χ0v) is 14.0. The first-order valence-corrected chi connectivity index (χ1v) is 8.09. The number of ether oxygens (including phenoxy) is 2. The fourth-order valence-electron chi connectivity index (χ4n) is 2.63. The lowest BCUT2D eigenvalue weighted by Crippen LogP contribution is -2.44. The highest BCUT2D eigenvalue weighted by atomic mass is 16.6. The number of rotatable bonds is 8. The summed E-state index contributed by atoms with van der Waals surface area (Å²) in [6.45, 7) is 4.00. The molecule has 1 N–H and O–H groups in total. The summed E-state index contributed by atoms with van der Waals surface area (Å²) >= 11 is 0. The summed E-state index contributed by atoms with van der Waals surface area (Å²) < 4.78 is 10.2. The van der Waals surface area contributed by atoms with Gasteiger partial charge in [0.05, 0.1) is 13.2 Å². The van der Waals surface area contributed by atoms with Gasteiger partial charge in [-0.1, -0.05) is 44.2 Å². The van der Waals surface area contributed by atoms with E-state index in [1.807, 2.05) is 32.0 Å². The zero-order valence-electron chi connectivity index (χ0n) is 14.0. The van der Waals surface area contributed by atoms with Crippen molar-refractivity contribution in [2.24, 2.45) is 5.92 Å². The second kappa shape index (κ2) is 8.11. The van der Waals surface area contributed by atoms with E-state index in [9.17, 15) is 9.59 Å². The molecule has 0 aliphatic carbocycles. The molecule has 0 radical (unpaired) electrons. The van der Waals surface area contributed by atoms with Crippen LogP contribution in [0.3, 0.4) is 0 Å². The van der Waals surface area contributed by atoms with Crippen LogP contribution in [0.15, 0.2) is 30.3 Å². The highest BCUT2D eigenvalue weighted by molar-refractivity contribution is 5.88. The molecule has 1 aliphatic heterocycles. The quantitative estimate of drug-likeness (QED) is 0.588. The topological polar surface area (TPSA) is 67.9 Å². The Morgan fingerprint density at radius 3 is 2.57 bits per heavy atom. The van der Waals surface area contributed by atoms with Crippen LogP contribution >= 0.6 is 0 Å². The minimum Gasteiger partial charge on any atom is -0.467 e. The number of benzene rings is 1. The van der Waals surface area contributed by atoms with Crippen molar-refractivity contribution >= 4 is 11.9 Å². The number of amides is 1. The average molecular weight is 319 g/mol. The van der Waals surface area contributed by atoms with Crippen molar-refractivity contribution in [1.82, 2.24) is 5.32 Å². The third-order valence-corrected chi connectivity index (χ3v) is 3.91. The Morgan fingerprint density at radius 2 is 1.96 bits per heavy atom. The van der Waals surface area contributed by atoms with Crippen LogP contribution < -0.4 is 5.32 Å². The second-order valence-electron chi connectivity index (χ2n) is 6.33. The van der Waals surface area contributed by atoms with Crippen LogP contribution in [0.25, 0.3) is 0 Å². The summed E-state index contributed by atoms with van der Waals surface area (Å²) in [5.41, 5.74) is 1.23. The molecule has 1 aliphatic rings. The number of hydrogen-bond acceptors (Lipinski definition) is 4. The Bertz CT molecular complexity index is 529. The number of nitrogens with one attached hydrogen (secondary N) is 1. The average Bonchev–Trinajstić information content (AvgIpc) is 3.32. The minimum atomic E-state index is -0.605. The summed E-state index contributed by atoms with van der Waals surface area (Å²) in [6, 6.07) is 9.50. The molecule has 5 heteroatoms. The van der Waals surface area contributed by atoms with E-state index in [1.165, 1.54) is 12.7 Å². The van der Waals surface area contributed by atoms with Crippen molar-refractivity contribution in [3.8, 4) is 0 Å². The molecule has 1 heterocycles. The normalized spacial score (nSPS) is 20.9. The summed E-state index contributed by atoms with van der Waals surface area (Å²) in [6.07, 6.45) is 1.72. The molecule has 1 fully saturated rings. The summed E-state index contributed by atoms with van der Waals surface area (Å²) in [7, 11) is 1.33. The largest absolute Gasteiger partial charge is 0.467 e. The van der Waals surface area contributed by atoms with E-state index in [0.29, 0.717) is 6.42 Å². The molecule has 1 saturated heterocycles. The Morgan fingerprint density at radius 1 is 1.26 bits per heavy atom. The zero-order chi connectivity index (χ0) is 16.8. The second-order valence-corrected chi connectivity index (χ2v) is 6.33. The number of aryl methyl sites for hydroxylation is 1. The number of carbonyl (C=O) groups excluding carboxylic acids is 2. The summed E-state index contributed by atoms with van der Waals surface area (Å²) in [5, 5.41) is 2.75.